The second-order valence-corrected chi connectivity index (χ2v) is 10.1. The molecule has 198 valence electrons. The lowest BCUT2D eigenvalue weighted by molar-refractivity contribution is -0.120. The number of Topliss-reactive ketones (excluding diaryl/α,β-unsaturated/α-hetero) is 1. The van der Waals surface area contributed by atoms with Gasteiger partial charge in [0.15, 0.2) is 5.78 Å². The fraction of sp³-hybridized carbons (Fsp3) is 0.0526. The molecule has 1 aliphatic rings. The summed E-state index contributed by atoms with van der Waals surface area (Å²) in [5.41, 5.74) is 6.64. The van der Waals surface area contributed by atoms with Crippen molar-refractivity contribution in [3.63, 3.8) is 0 Å². The second kappa shape index (κ2) is 11.8. The van der Waals surface area contributed by atoms with Gasteiger partial charge in [-0.3, -0.25) is 9.59 Å². The number of amides is 1. The zero-order valence-electron chi connectivity index (χ0n) is 22.5. The van der Waals surface area contributed by atoms with Gasteiger partial charge in [-0.1, -0.05) is 152 Å². The summed E-state index contributed by atoms with van der Waals surface area (Å²) >= 11 is 0. The van der Waals surface area contributed by atoms with Gasteiger partial charge in [-0.15, -0.1) is 0 Å². The molecule has 0 fully saturated rings. The third-order valence-corrected chi connectivity index (χ3v) is 7.54. The van der Waals surface area contributed by atoms with Gasteiger partial charge in [-0.2, -0.15) is 0 Å². The number of hydrogen-bond donors (Lipinski definition) is 1. The second-order valence-electron chi connectivity index (χ2n) is 10.1. The van der Waals surface area contributed by atoms with Crippen LogP contribution in [0.1, 0.15) is 44.4 Å². The zero-order chi connectivity index (χ0) is 28.0. The number of rotatable bonds is 6. The number of benzene rings is 5. The molecule has 0 unspecified atom stereocenters. The molecule has 5 aromatic carbocycles. The van der Waals surface area contributed by atoms with Crippen molar-refractivity contribution in [1.82, 2.24) is 5.32 Å². The maximum Gasteiger partial charge on any atom is 0.235 e. The lowest BCUT2D eigenvalue weighted by atomic mass is 9.71. The highest BCUT2D eigenvalue weighted by atomic mass is 16.2. The molecular weight excluding hydrogens is 502 g/mol. The van der Waals surface area contributed by atoms with E-state index in [-0.39, 0.29) is 11.7 Å². The maximum atomic E-state index is 14.3. The molecule has 0 spiro atoms. The Morgan fingerprint density at radius 2 is 0.878 bits per heavy atom. The largest absolute Gasteiger partial charge is 0.331 e. The summed E-state index contributed by atoms with van der Waals surface area (Å²) < 4.78 is 0. The van der Waals surface area contributed by atoms with E-state index in [9.17, 15) is 9.59 Å². The van der Waals surface area contributed by atoms with Gasteiger partial charge < -0.3 is 5.32 Å². The Kier molecular flexibility index (Phi) is 7.51. The third-order valence-electron chi connectivity index (χ3n) is 7.54. The van der Waals surface area contributed by atoms with Crippen LogP contribution in [0.5, 0.6) is 0 Å². The topological polar surface area (TPSA) is 46.2 Å². The summed E-state index contributed by atoms with van der Waals surface area (Å²) in [6, 6.07) is 49.4. The molecule has 5 aromatic rings. The average molecular weight is 532 g/mol. The molecular formula is C38H29NO2. The van der Waals surface area contributed by atoms with Crippen LogP contribution >= 0.6 is 0 Å². The van der Waals surface area contributed by atoms with Gasteiger partial charge in [0.1, 0.15) is 0 Å². The van der Waals surface area contributed by atoms with Crippen LogP contribution in [-0.4, -0.2) is 11.7 Å². The molecule has 1 heterocycles. The number of carbonyl (C=O) groups is 2. The van der Waals surface area contributed by atoms with E-state index in [2.05, 4.69) is 29.6 Å². The van der Waals surface area contributed by atoms with Gasteiger partial charge in [0.05, 0.1) is 5.92 Å². The van der Waals surface area contributed by atoms with Crippen molar-refractivity contribution in [2.24, 2.45) is 0 Å². The summed E-state index contributed by atoms with van der Waals surface area (Å²) in [4.78, 5) is 28.5. The van der Waals surface area contributed by atoms with Crippen molar-refractivity contribution in [2.75, 3.05) is 0 Å². The van der Waals surface area contributed by atoms with Crippen molar-refractivity contribution >= 4 is 22.8 Å². The Labute approximate surface area is 240 Å². The van der Waals surface area contributed by atoms with E-state index in [4.69, 9.17) is 0 Å². The molecule has 1 aliphatic heterocycles. The minimum atomic E-state index is -0.607. The van der Waals surface area contributed by atoms with Crippen LogP contribution in [0.2, 0.25) is 0 Å². The van der Waals surface area contributed by atoms with Gasteiger partial charge in [0.25, 0.3) is 0 Å². The normalized spacial score (nSPS) is 17.2. The lowest BCUT2D eigenvalue weighted by Gasteiger charge is -2.33. The van der Waals surface area contributed by atoms with Crippen LogP contribution < -0.4 is 5.32 Å². The number of ketones is 1. The standard InChI is InChI=1S/C38H29NO2/c40-37(31-24-14-5-15-25-31)32-26-39-38(41)36(30-22-12-4-13-23-30)35(29-20-10-3-11-21-29)34(28-18-8-2-9-19-28)33(32)27-16-6-1-7-17-27/h1-26,33,36H,(H,39,41)/t33-,36+/m0/s1. The highest BCUT2D eigenvalue weighted by Crippen LogP contribution is 2.48. The fourth-order valence-corrected chi connectivity index (χ4v) is 5.70. The molecule has 0 radical (unpaired) electrons. The predicted octanol–water partition coefficient (Wildman–Crippen LogP) is 8.06. The van der Waals surface area contributed by atoms with E-state index < -0.39 is 11.8 Å². The molecule has 0 saturated heterocycles. The minimum absolute atomic E-state index is 0.126. The molecule has 3 heteroatoms. The highest BCUT2D eigenvalue weighted by Gasteiger charge is 2.37. The number of allylic oxidation sites excluding steroid dienone is 2. The first kappa shape index (κ1) is 26.0. The smallest absolute Gasteiger partial charge is 0.235 e. The van der Waals surface area contributed by atoms with E-state index in [0.29, 0.717) is 11.1 Å². The summed E-state index contributed by atoms with van der Waals surface area (Å²) in [7, 11) is 0. The third kappa shape index (κ3) is 5.30. The monoisotopic (exact) mass is 531 g/mol. The zero-order valence-corrected chi connectivity index (χ0v) is 22.5. The summed E-state index contributed by atoms with van der Waals surface area (Å²) in [5.74, 6) is -1.37. The number of hydrogen-bond acceptors (Lipinski definition) is 2. The highest BCUT2D eigenvalue weighted by molar-refractivity contribution is 6.15. The van der Waals surface area contributed by atoms with Crippen LogP contribution in [0.3, 0.4) is 0 Å². The fourth-order valence-electron chi connectivity index (χ4n) is 5.70. The van der Waals surface area contributed by atoms with E-state index in [1.165, 1.54) is 0 Å². The van der Waals surface area contributed by atoms with E-state index in [1.54, 1.807) is 6.20 Å². The van der Waals surface area contributed by atoms with Gasteiger partial charge in [-0.05, 0) is 33.4 Å². The van der Waals surface area contributed by atoms with Crippen LogP contribution in [0.15, 0.2) is 163 Å². The number of carbonyl (C=O) groups excluding carboxylic acids is 2. The molecule has 0 aliphatic carbocycles. The summed E-state index contributed by atoms with van der Waals surface area (Å²) in [6.07, 6.45) is 1.63. The van der Waals surface area contributed by atoms with Gasteiger partial charge >= 0.3 is 0 Å². The summed E-state index contributed by atoms with van der Waals surface area (Å²) in [5, 5.41) is 3.05. The van der Waals surface area contributed by atoms with Crippen molar-refractivity contribution < 1.29 is 9.59 Å². The van der Waals surface area contributed by atoms with E-state index >= 15 is 0 Å². The molecule has 6 rings (SSSR count). The van der Waals surface area contributed by atoms with Crippen LogP contribution in [0.4, 0.5) is 0 Å². The first-order valence-corrected chi connectivity index (χ1v) is 13.8. The molecule has 0 saturated carbocycles. The molecule has 3 nitrogen and oxygen atoms in total. The molecule has 41 heavy (non-hydrogen) atoms. The quantitative estimate of drug-likeness (QED) is 0.225. The van der Waals surface area contributed by atoms with Crippen molar-refractivity contribution in [3.8, 4) is 0 Å². The van der Waals surface area contributed by atoms with Crippen molar-refractivity contribution in [2.45, 2.75) is 11.8 Å². The minimum Gasteiger partial charge on any atom is -0.331 e. The van der Waals surface area contributed by atoms with Crippen LogP contribution in [0, 0.1) is 0 Å². The molecule has 0 aromatic heterocycles. The van der Waals surface area contributed by atoms with Gasteiger partial charge in [0, 0.05) is 23.3 Å². The number of nitrogens with one attached hydrogen (secondary N) is 1. The Morgan fingerprint density at radius 1 is 0.488 bits per heavy atom. The molecule has 1 amide bonds. The van der Waals surface area contributed by atoms with E-state index in [0.717, 1.165) is 33.4 Å². The Hall–Kier alpha value is -5.28. The van der Waals surface area contributed by atoms with E-state index in [1.807, 2.05) is 127 Å². The molecule has 1 N–H and O–H groups in total. The lowest BCUT2D eigenvalue weighted by Crippen LogP contribution is -2.31. The van der Waals surface area contributed by atoms with Crippen LogP contribution in [0.25, 0.3) is 11.1 Å². The Balaban J connectivity index is 1.74. The summed E-state index contributed by atoms with van der Waals surface area (Å²) in [6.45, 7) is 0. The SMILES string of the molecule is O=C(C1=CNC(=O)[C@H](c2ccccc2)C(c2ccccc2)=C(c2ccccc2)[C@H]1c1ccccc1)c1ccccc1. The molecule has 2 atom stereocenters. The Morgan fingerprint density at radius 3 is 1.37 bits per heavy atom. The average Bonchev–Trinajstić information content (AvgIpc) is 3.04. The van der Waals surface area contributed by atoms with Gasteiger partial charge in [0.2, 0.25) is 5.91 Å². The first-order valence-electron chi connectivity index (χ1n) is 13.8. The Bertz CT molecular complexity index is 1710. The predicted molar refractivity (Wildman–Crippen MR) is 165 cm³/mol. The van der Waals surface area contributed by atoms with Crippen LogP contribution in [-0.2, 0) is 4.79 Å². The maximum absolute atomic E-state index is 14.3. The first-order chi connectivity index (χ1) is 20.2. The van der Waals surface area contributed by atoms with Gasteiger partial charge in [-0.25, -0.2) is 0 Å². The molecule has 0 bridgehead atoms. The van der Waals surface area contributed by atoms with Crippen molar-refractivity contribution in [3.05, 3.63) is 191 Å². The van der Waals surface area contributed by atoms with Crippen molar-refractivity contribution in [1.29, 1.82) is 0 Å².